The summed E-state index contributed by atoms with van der Waals surface area (Å²) in [6, 6.07) is 13.6. The minimum Gasteiger partial charge on any atom is -0.493 e. The van der Waals surface area contributed by atoms with E-state index < -0.39 is 17.1 Å². The molecule has 3 N–H and O–H groups in total. The lowest BCUT2D eigenvalue weighted by Crippen LogP contribution is -2.32. The van der Waals surface area contributed by atoms with E-state index in [0.717, 1.165) is 10.1 Å². The summed E-state index contributed by atoms with van der Waals surface area (Å²) < 4.78 is 1.02. The third-order valence-corrected chi connectivity index (χ3v) is 4.22. The van der Waals surface area contributed by atoms with Gasteiger partial charge in [-0.3, -0.25) is 19.6 Å². The summed E-state index contributed by atoms with van der Waals surface area (Å²) in [5.74, 6) is -0.675. The van der Waals surface area contributed by atoms with Gasteiger partial charge in [0.05, 0.1) is 17.1 Å². The fourth-order valence-electron chi connectivity index (χ4n) is 2.86. The topological polar surface area (TPSA) is 117 Å². The summed E-state index contributed by atoms with van der Waals surface area (Å²) in [4.78, 5) is 42.3. The van der Waals surface area contributed by atoms with Gasteiger partial charge in [-0.05, 0) is 50.2 Å². The second-order valence-corrected chi connectivity index (χ2v) is 6.55. The Labute approximate surface area is 166 Å². The molecule has 3 aromatic rings. The summed E-state index contributed by atoms with van der Waals surface area (Å²) in [6.45, 7) is 4.88. The summed E-state index contributed by atoms with van der Waals surface area (Å²) in [7, 11) is 0. The summed E-state index contributed by atoms with van der Waals surface area (Å²) in [5, 5.41) is 13.3. The molecule has 0 aliphatic carbocycles. The quantitative estimate of drug-likeness (QED) is 0.592. The van der Waals surface area contributed by atoms with Crippen molar-refractivity contribution in [3.8, 4) is 11.6 Å². The van der Waals surface area contributed by atoms with Gasteiger partial charge in [0.15, 0.2) is 0 Å². The molecular formula is C21H20N4O4. The van der Waals surface area contributed by atoms with Gasteiger partial charge < -0.3 is 10.4 Å². The number of aryl methyl sites for hydroxylation is 1. The number of nitrogens with one attached hydrogen (secondary N) is 2. The smallest absolute Gasteiger partial charge is 0.335 e. The summed E-state index contributed by atoms with van der Waals surface area (Å²) >= 11 is 0. The van der Waals surface area contributed by atoms with Gasteiger partial charge in [-0.25, -0.2) is 9.36 Å². The van der Waals surface area contributed by atoms with Crippen molar-refractivity contribution in [1.82, 2.24) is 9.55 Å². The van der Waals surface area contributed by atoms with Crippen LogP contribution in [0.4, 0.5) is 11.4 Å². The Kier molecular flexibility index (Phi) is 5.45. The van der Waals surface area contributed by atoms with Crippen LogP contribution in [0.5, 0.6) is 5.88 Å². The van der Waals surface area contributed by atoms with Crippen LogP contribution in [0.15, 0.2) is 63.1 Å². The van der Waals surface area contributed by atoms with Crippen molar-refractivity contribution in [3.63, 3.8) is 0 Å². The molecule has 2 aromatic carbocycles. The highest BCUT2D eigenvalue weighted by molar-refractivity contribution is 6.01. The number of nitrogens with zero attached hydrogens (tertiary/aromatic N) is 2. The van der Waals surface area contributed by atoms with Crippen LogP contribution in [-0.2, 0) is 4.79 Å². The van der Waals surface area contributed by atoms with Crippen molar-refractivity contribution in [2.45, 2.75) is 20.8 Å². The molecular weight excluding hydrogens is 372 g/mol. The SMILES string of the molecule is CC(=O)Nc1ccc(N=C(C)c2c(O)n(-c3ccc(C)cc3)c(=O)[nH]c2=O)cc1. The fourth-order valence-corrected chi connectivity index (χ4v) is 2.86. The predicted molar refractivity (Wildman–Crippen MR) is 112 cm³/mol. The number of aromatic nitrogens is 2. The van der Waals surface area contributed by atoms with E-state index in [9.17, 15) is 19.5 Å². The monoisotopic (exact) mass is 392 g/mol. The number of hydrogen-bond donors (Lipinski definition) is 3. The van der Waals surface area contributed by atoms with E-state index in [1.165, 1.54) is 6.92 Å². The lowest BCUT2D eigenvalue weighted by molar-refractivity contribution is -0.114. The van der Waals surface area contributed by atoms with Crippen LogP contribution in [0.1, 0.15) is 25.0 Å². The van der Waals surface area contributed by atoms with Crippen LogP contribution >= 0.6 is 0 Å². The standard InChI is InChI=1S/C21H20N4O4/c1-12-4-10-17(11-5-12)25-20(28)18(19(27)24-21(25)29)13(2)22-15-6-8-16(9-7-15)23-14(3)26/h4-11,28H,1-3H3,(H,23,26)(H,24,27,29). The first-order valence-corrected chi connectivity index (χ1v) is 8.85. The second-order valence-electron chi connectivity index (χ2n) is 6.55. The van der Waals surface area contributed by atoms with Crippen molar-refractivity contribution >= 4 is 23.0 Å². The highest BCUT2D eigenvalue weighted by Gasteiger charge is 2.18. The Hall–Kier alpha value is -3.94. The van der Waals surface area contributed by atoms with Crippen LogP contribution in [-0.4, -0.2) is 26.3 Å². The number of amides is 1. The van der Waals surface area contributed by atoms with Crippen molar-refractivity contribution in [2.24, 2.45) is 4.99 Å². The lowest BCUT2D eigenvalue weighted by Gasteiger charge is -2.11. The van der Waals surface area contributed by atoms with Crippen molar-refractivity contribution < 1.29 is 9.90 Å². The van der Waals surface area contributed by atoms with Crippen LogP contribution in [0.3, 0.4) is 0 Å². The fraction of sp³-hybridized carbons (Fsp3) is 0.143. The predicted octanol–water partition coefficient (Wildman–Crippen LogP) is 2.64. The van der Waals surface area contributed by atoms with Crippen molar-refractivity contribution in [1.29, 1.82) is 0 Å². The number of aromatic hydroxyl groups is 1. The molecule has 0 aliphatic rings. The van der Waals surface area contributed by atoms with Gasteiger partial charge in [-0.15, -0.1) is 0 Å². The molecule has 1 amide bonds. The molecule has 8 nitrogen and oxygen atoms in total. The maximum Gasteiger partial charge on any atom is 0.335 e. The van der Waals surface area contributed by atoms with Gasteiger partial charge in [0, 0.05) is 12.6 Å². The number of carbonyl (C=O) groups excluding carboxylic acids is 1. The minimum absolute atomic E-state index is 0.101. The van der Waals surface area contributed by atoms with Gasteiger partial charge in [0.2, 0.25) is 11.8 Å². The molecule has 3 rings (SSSR count). The number of hydrogen-bond acceptors (Lipinski definition) is 5. The molecule has 0 spiro atoms. The van der Waals surface area contributed by atoms with Crippen LogP contribution in [0.2, 0.25) is 0 Å². The van der Waals surface area contributed by atoms with Gasteiger partial charge >= 0.3 is 5.69 Å². The molecule has 0 atom stereocenters. The number of benzene rings is 2. The Bertz CT molecular complexity index is 1200. The Morgan fingerprint density at radius 3 is 2.24 bits per heavy atom. The number of carbonyl (C=O) groups is 1. The van der Waals surface area contributed by atoms with Gasteiger partial charge in [-0.1, -0.05) is 17.7 Å². The number of aromatic amines is 1. The van der Waals surface area contributed by atoms with Crippen molar-refractivity contribution in [3.05, 3.63) is 80.5 Å². The first-order chi connectivity index (χ1) is 13.8. The number of anilines is 1. The average Bonchev–Trinajstić information content (AvgIpc) is 2.64. The van der Waals surface area contributed by atoms with E-state index in [2.05, 4.69) is 15.3 Å². The van der Waals surface area contributed by atoms with E-state index >= 15 is 0 Å². The third-order valence-electron chi connectivity index (χ3n) is 4.22. The first-order valence-electron chi connectivity index (χ1n) is 8.85. The van der Waals surface area contributed by atoms with Crippen molar-refractivity contribution in [2.75, 3.05) is 5.32 Å². The molecule has 0 saturated heterocycles. The molecule has 8 heteroatoms. The molecule has 1 heterocycles. The zero-order valence-corrected chi connectivity index (χ0v) is 16.2. The van der Waals surface area contributed by atoms with E-state index in [4.69, 9.17) is 0 Å². The minimum atomic E-state index is -0.743. The average molecular weight is 392 g/mol. The first kappa shape index (κ1) is 19.8. The van der Waals surface area contributed by atoms with Gasteiger partial charge in [0.1, 0.15) is 5.56 Å². The zero-order valence-electron chi connectivity index (χ0n) is 16.2. The molecule has 1 aromatic heterocycles. The normalized spacial score (nSPS) is 11.3. The number of aliphatic imine (C=N–C) groups is 1. The van der Waals surface area contributed by atoms with E-state index in [1.807, 2.05) is 6.92 Å². The van der Waals surface area contributed by atoms with Crippen LogP contribution in [0, 0.1) is 6.92 Å². The summed E-state index contributed by atoms with van der Waals surface area (Å²) in [5.41, 5.74) is 1.20. The van der Waals surface area contributed by atoms with Gasteiger partial charge in [-0.2, -0.15) is 0 Å². The lowest BCUT2D eigenvalue weighted by atomic mass is 10.2. The molecule has 0 saturated carbocycles. The Balaban J connectivity index is 2.06. The van der Waals surface area contributed by atoms with Gasteiger partial charge in [0.25, 0.3) is 5.56 Å². The Morgan fingerprint density at radius 2 is 1.66 bits per heavy atom. The molecule has 29 heavy (non-hydrogen) atoms. The highest BCUT2D eigenvalue weighted by atomic mass is 16.3. The van der Waals surface area contributed by atoms with E-state index in [0.29, 0.717) is 17.1 Å². The third kappa shape index (κ3) is 4.32. The second kappa shape index (κ2) is 7.97. The molecule has 0 radical (unpaired) electrons. The van der Waals surface area contributed by atoms with E-state index in [1.54, 1.807) is 55.5 Å². The Morgan fingerprint density at radius 1 is 1.03 bits per heavy atom. The highest BCUT2D eigenvalue weighted by Crippen LogP contribution is 2.21. The largest absolute Gasteiger partial charge is 0.493 e. The van der Waals surface area contributed by atoms with Crippen LogP contribution in [0.25, 0.3) is 5.69 Å². The molecule has 0 aliphatic heterocycles. The molecule has 0 fully saturated rings. The summed E-state index contributed by atoms with van der Waals surface area (Å²) in [6.07, 6.45) is 0. The molecule has 0 bridgehead atoms. The number of H-pyrrole nitrogens is 1. The molecule has 148 valence electrons. The zero-order chi connectivity index (χ0) is 21.1. The molecule has 0 unspecified atom stereocenters. The maximum atomic E-state index is 12.3. The maximum absolute atomic E-state index is 12.3. The van der Waals surface area contributed by atoms with E-state index in [-0.39, 0.29) is 17.2 Å². The number of rotatable bonds is 4. The van der Waals surface area contributed by atoms with Crippen LogP contribution < -0.4 is 16.6 Å².